The van der Waals surface area contributed by atoms with Crippen molar-refractivity contribution in [3.63, 3.8) is 0 Å². The van der Waals surface area contributed by atoms with Gasteiger partial charge in [0.25, 0.3) is 0 Å². The minimum Gasteiger partial charge on any atom is -0.493 e. The summed E-state index contributed by atoms with van der Waals surface area (Å²) in [4.78, 5) is 23.0. The third-order valence-corrected chi connectivity index (χ3v) is 7.11. The van der Waals surface area contributed by atoms with Crippen LogP contribution in [0.5, 0.6) is 17.2 Å². The zero-order valence-electron chi connectivity index (χ0n) is 24.5. The fraction of sp³-hybridized carbons (Fsp3) is 0.344. The molecule has 0 radical (unpaired) electrons. The van der Waals surface area contributed by atoms with E-state index in [1.807, 2.05) is 39.0 Å². The van der Waals surface area contributed by atoms with Crippen LogP contribution in [0, 0.1) is 5.82 Å². The van der Waals surface area contributed by atoms with Crippen LogP contribution in [0.25, 0.3) is 10.9 Å². The Morgan fingerprint density at radius 3 is 2.44 bits per heavy atom. The molecule has 4 aromatic rings. The largest absolute Gasteiger partial charge is 0.493 e. The Morgan fingerprint density at radius 1 is 1.02 bits per heavy atom. The van der Waals surface area contributed by atoms with Gasteiger partial charge in [-0.3, -0.25) is 0 Å². The summed E-state index contributed by atoms with van der Waals surface area (Å²) in [6.07, 6.45) is 2.37. The van der Waals surface area contributed by atoms with Gasteiger partial charge in [0, 0.05) is 43.1 Å². The number of ether oxygens (including phenoxy) is 4. The van der Waals surface area contributed by atoms with Crippen molar-refractivity contribution in [2.75, 3.05) is 25.5 Å². The van der Waals surface area contributed by atoms with Crippen molar-refractivity contribution in [2.45, 2.75) is 51.9 Å². The van der Waals surface area contributed by atoms with Gasteiger partial charge < -0.3 is 29.2 Å². The third kappa shape index (κ3) is 7.75. The molecule has 3 aromatic carbocycles. The van der Waals surface area contributed by atoms with Crippen molar-refractivity contribution in [3.05, 3.63) is 77.3 Å². The summed E-state index contributed by atoms with van der Waals surface area (Å²) in [5, 5.41) is 4.46. The molecule has 0 unspecified atom stereocenters. The van der Waals surface area contributed by atoms with Crippen molar-refractivity contribution < 1.29 is 28.1 Å². The Bertz CT molecular complexity index is 1590. The topological polar surface area (TPSA) is 95.0 Å². The third-order valence-electron chi connectivity index (χ3n) is 6.81. The smallest absolute Gasteiger partial charge is 0.410 e. The number of anilines is 2. The number of aromatic nitrogens is 2. The van der Waals surface area contributed by atoms with Crippen LogP contribution in [0.3, 0.4) is 0 Å². The lowest BCUT2D eigenvalue weighted by Crippen LogP contribution is -2.44. The van der Waals surface area contributed by atoms with Gasteiger partial charge in [-0.25, -0.2) is 19.2 Å². The molecule has 0 saturated carbocycles. The number of methoxy groups -OCH3 is 1. The maximum absolute atomic E-state index is 13.2. The molecule has 5 rings (SSSR count). The minimum atomic E-state index is -0.539. The van der Waals surface area contributed by atoms with Gasteiger partial charge in [0.2, 0.25) is 0 Å². The molecule has 1 amide bonds. The van der Waals surface area contributed by atoms with Crippen LogP contribution in [0.15, 0.2) is 60.9 Å². The van der Waals surface area contributed by atoms with Crippen molar-refractivity contribution in [1.82, 2.24) is 14.9 Å². The summed E-state index contributed by atoms with van der Waals surface area (Å²) < 4.78 is 36.5. The Kier molecular flexibility index (Phi) is 9.05. The van der Waals surface area contributed by atoms with Crippen molar-refractivity contribution in [2.24, 2.45) is 0 Å². The van der Waals surface area contributed by atoms with Gasteiger partial charge in [-0.05, 0) is 62.7 Å². The summed E-state index contributed by atoms with van der Waals surface area (Å²) >= 11 is 6.51. The molecule has 1 aliphatic heterocycles. The van der Waals surface area contributed by atoms with E-state index >= 15 is 0 Å². The fourth-order valence-corrected chi connectivity index (χ4v) is 4.89. The van der Waals surface area contributed by atoms with E-state index in [0.29, 0.717) is 65.2 Å². The number of halogens is 2. The first kappa shape index (κ1) is 30.2. The molecule has 0 aliphatic carbocycles. The molecule has 11 heteroatoms. The lowest BCUT2D eigenvalue weighted by atomic mass is 10.1. The molecular formula is C32H34ClFN4O5. The summed E-state index contributed by atoms with van der Waals surface area (Å²) in [6, 6.07) is 15.1. The number of nitrogens with one attached hydrogen (secondary N) is 1. The van der Waals surface area contributed by atoms with Crippen LogP contribution in [0.4, 0.5) is 20.7 Å². The standard InChI is InChI=1S/C32H34ClFN4O5/c1-32(2,3)43-31(39)38-13-11-23(12-14-38)42-29-16-24-26(17-28(29)40-4)35-19-36-30(24)37-22-9-10-27(25(33)15-22)41-18-20-5-7-21(34)8-6-20/h5-10,15-17,19,23H,11-14,18H2,1-4H3,(H,35,36,37). The van der Waals surface area contributed by atoms with Crippen molar-refractivity contribution in [3.8, 4) is 17.2 Å². The fourth-order valence-electron chi connectivity index (χ4n) is 4.65. The zero-order valence-corrected chi connectivity index (χ0v) is 25.3. The summed E-state index contributed by atoms with van der Waals surface area (Å²) in [6.45, 7) is 6.90. The number of rotatable bonds is 8. The van der Waals surface area contributed by atoms with Gasteiger partial charge in [0.1, 0.15) is 42.0 Å². The number of amides is 1. The van der Waals surface area contributed by atoms with Crippen LogP contribution < -0.4 is 19.5 Å². The van der Waals surface area contributed by atoms with E-state index in [-0.39, 0.29) is 24.6 Å². The second-order valence-electron chi connectivity index (χ2n) is 11.2. The maximum Gasteiger partial charge on any atom is 0.410 e. The number of fused-ring (bicyclic) bond motifs is 1. The highest BCUT2D eigenvalue weighted by atomic mass is 35.5. The van der Waals surface area contributed by atoms with Gasteiger partial charge in [0.15, 0.2) is 11.5 Å². The van der Waals surface area contributed by atoms with E-state index in [9.17, 15) is 9.18 Å². The average Bonchev–Trinajstić information content (AvgIpc) is 2.97. The molecule has 226 valence electrons. The van der Waals surface area contributed by atoms with Gasteiger partial charge in [-0.1, -0.05) is 23.7 Å². The van der Waals surface area contributed by atoms with Crippen LogP contribution in [-0.4, -0.2) is 52.9 Å². The van der Waals surface area contributed by atoms with Gasteiger partial charge in [-0.15, -0.1) is 0 Å². The Balaban J connectivity index is 1.28. The number of carbonyl (C=O) groups is 1. The van der Waals surface area contributed by atoms with Crippen LogP contribution in [-0.2, 0) is 11.3 Å². The predicted octanol–water partition coefficient (Wildman–Crippen LogP) is 7.53. The van der Waals surface area contributed by atoms with E-state index in [1.54, 1.807) is 36.3 Å². The molecule has 0 spiro atoms. The normalized spacial score (nSPS) is 14.0. The summed E-state index contributed by atoms with van der Waals surface area (Å²) in [5.41, 5.74) is 1.66. The Morgan fingerprint density at radius 2 is 1.77 bits per heavy atom. The first-order chi connectivity index (χ1) is 20.6. The van der Waals surface area contributed by atoms with E-state index < -0.39 is 5.60 Å². The van der Waals surface area contributed by atoms with Crippen molar-refractivity contribution in [1.29, 1.82) is 0 Å². The average molecular weight is 609 g/mol. The highest BCUT2D eigenvalue weighted by molar-refractivity contribution is 6.32. The number of carbonyl (C=O) groups excluding carboxylic acids is 1. The second kappa shape index (κ2) is 12.9. The number of piperidine rings is 1. The van der Waals surface area contributed by atoms with Crippen LogP contribution >= 0.6 is 11.6 Å². The van der Waals surface area contributed by atoms with E-state index in [0.717, 1.165) is 10.9 Å². The first-order valence-electron chi connectivity index (χ1n) is 14.0. The molecule has 2 heterocycles. The maximum atomic E-state index is 13.2. The second-order valence-corrected chi connectivity index (χ2v) is 11.6. The first-order valence-corrected chi connectivity index (χ1v) is 14.4. The molecule has 0 atom stereocenters. The number of hydrogen-bond donors (Lipinski definition) is 1. The minimum absolute atomic E-state index is 0.104. The molecule has 1 N–H and O–H groups in total. The molecule has 1 fully saturated rings. The van der Waals surface area contributed by atoms with Gasteiger partial charge >= 0.3 is 6.09 Å². The molecule has 9 nitrogen and oxygen atoms in total. The summed E-state index contributed by atoms with van der Waals surface area (Å²) in [5.74, 6) is 1.88. The van der Waals surface area contributed by atoms with Gasteiger partial charge in [-0.2, -0.15) is 0 Å². The monoisotopic (exact) mass is 608 g/mol. The SMILES string of the molecule is COc1cc2ncnc(Nc3ccc(OCc4ccc(F)cc4)c(Cl)c3)c2cc1OC1CCN(C(=O)OC(C)(C)C)CC1. The number of hydrogen-bond acceptors (Lipinski definition) is 8. The quantitative estimate of drug-likeness (QED) is 0.219. The van der Waals surface area contributed by atoms with Crippen LogP contribution in [0.1, 0.15) is 39.2 Å². The van der Waals surface area contributed by atoms with Gasteiger partial charge in [0.05, 0.1) is 17.6 Å². The molecule has 43 heavy (non-hydrogen) atoms. The van der Waals surface area contributed by atoms with E-state index in [2.05, 4.69) is 15.3 Å². The lowest BCUT2D eigenvalue weighted by Gasteiger charge is -2.33. The highest BCUT2D eigenvalue weighted by Gasteiger charge is 2.28. The molecular weight excluding hydrogens is 575 g/mol. The molecule has 1 saturated heterocycles. The predicted molar refractivity (Wildman–Crippen MR) is 163 cm³/mol. The zero-order chi connectivity index (χ0) is 30.6. The molecule has 1 aliphatic rings. The van der Waals surface area contributed by atoms with E-state index in [4.69, 9.17) is 30.5 Å². The number of benzene rings is 3. The van der Waals surface area contributed by atoms with Crippen molar-refractivity contribution >= 4 is 40.1 Å². The summed E-state index contributed by atoms with van der Waals surface area (Å²) in [7, 11) is 1.58. The molecule has 1 aromatic heterocycles. The number of nitrogens with zero attached hydrogens (tertiary/aromatic N) is 3. The Hall–Kier alpha value is -4.31. The number of likely N-dealkylation sites (tertiary alicyclic amines) is 1. The van der Waals surface area contributed by atoms with E-state index in [1.165, 1.54) is 18.5 Å². The highest BCUT2D eigenvalue weighted by Crippen LogP contribution is 2.37. The Labute approximate surface area is 254 Å². The van der Waals surface area contributed by atoms with Crippen LogP contribution in [0.2, 0.25) is 5.02 Å². The lowest BCUT2D eigenvalue weighted by molar-refractivity contribution is 0.0124. The molecule has 0 bridgehead atoms.